The molecular weight excluding hydrogens is 274 g/mol. The van der Waals surface area contributed by atoms with E-state index >= 15 is 0 Å². The maximum atomic E-state index is 11.8. The number of aliphatic carboxylic acids is 1. The van der Waals surface area contributed by atoms with E-state index in [1.807, 2.05) is 0 Å². The summed E-state index contributed by atoms with van der Waals surface area (Å²) >= 11 is 0. The highest BCUT2D eigenvalue weighted by Crippen LogP contribution is 2.33. The average Bonchev–Trinajstić information content (AvgIpc) is 2.45. The third kappa shape index (κ3) is 4.61. The largest absolute Gasteiger partial charge is 0.480 e. The van der Waals surface area contributed by atoms with Gasteiger partial charge in [0.05, 0.1) is 6.54 Å². The summed E-state index contributed by atoms with van der Waals surface area (Å²) in [6.45, 7) is 1.94. The second kappa shape index (κ2) is 7.28. The Kier molecular flexibility index (Phi) is 5.99. The molecule has 0 radical (unpaired) electrons. The van der Waals surface area contributed by atoms with Crippen molar-refractivity contribution in [3.05, 3.63) is 0 Å². The number of nitrogens with one attached hydrogen (secondary N) is 2. The normalized spacial score (nSPS) is 25.0. The lowest BCUT2D eigenvalue weighted by Gasteiger charge is -2.37. The number of likely N-dealkylation sites (N-methyl/N-ethyl adjacent to an activating group) is 1. The fraction of sp³-hybridized carbons (Fsp3) is 0.786. The maximum absolute atomic E-state index is 11.8. The van der Waals surface area contributed by atoms with Crippen LogP contribution in [0.15, 0.2) is 0 Å². The summed E-state index contributed by atoms with van der Waals surface area (Å²) in [7, 11) is 3.18. The highest BCUT2D eigenvalue weighted by molar-refractivity contribution is 5.88. The number of amides is 3. The zero-order chi connectivity index (χ0) is 16.0. The summed E-state index contributed by atoms with van der Waals surface area (Å²) in [5.41, 5.74) is -1.21. The van der Waals surface area contributed by atoms with Gasteiger partial charge in [0.1, 0.15) is 5.54 Å². The van der Waals surface area contributed by atoms with E-state index in [4.69, 9.17) is 0 Å². The Hall–Kier alpha value is -1.79. The third-order valence-corrected chi connectivity index (χ3v) is 4.20. The summed E-state index contributed by atoms with van der Waals surface area (Å²) in [5, 5.41) is 14.4. The number of hydrogen-bond donors (Lipinski definition) is 3. The van der Waals surface area contributed by atoms with Crippen molar-refractivity contribution < 1.29 is 19.5 Å². The monoisotopic (exact) mass is 299 g/mol. The molecule has 1 aliphatic rings. The van der Waals surface area contributed by atoms with E-state index in [1.165, 1.54) is 4.90 Å². The molecule has 3 N–H and O–H groups in total. The van der Waals surface area contributed by atoms with Crippen LogP contribution < -0.4 is 10.6 Å². The number of urea groups is 1. The molecule has 0 saturated heterocycles. The Labute approximate surface area is 125 Å². The van der Waals surface area contributed by atoms with Crippen LogP contribution in [0.4, 0.5) is 4.79 Å². The molecule has 0 heterocycles. The van der Waals surface area contributed by atoms with Crippen LogP contribution in [0.2, 0.25) is 0 Å². The van der Waals surface area contributed by atoms with Crippen LogP contribution in [0.25, 0.3) is 0 Å². The van der Waals surface area contributed by atoms with E-state index in [-0.39, 0.29) is 12.5 Å². The van der Waals surface area contributed by atoms with Crippen molar-refractivity contribution in [2.75, 3.05) is 20.6 Å². The van der Waals surface area contributed by atoms with Crippen LogP contribution in [0.5, 0.6) is 0 Å². The van der Waals surface area contributed by atoms with Crippen molar-refractivity contribution in [1.29, 1.82) is 0 Å². The smallest absolute Gasteiger partial charge is 0.329 e. The number of carboxylic acid groups (broad SMARTS) is 1. The quantitative estimate of drug-likeness (QED) is 0.699. The predicted molar refractivity (Wildman–Crippen MR) is 77.8 cm³/mol. The van der Waals surface area contributed by atoms with Crippen molar-refractivity contribution in [1.82, 2.24) is 15.5 Å². The first kappa shape index (κ1) is 17.3. The van der Waals surface area contributed by atoms with E-state index < -0.39 is 17.5 Å². The molecule has 120 valence electrons. The molecule has 1 aliphatic carbocycles. The van der Waals surface area contributed by atoms with Gasteiger partial charge in [-0.3, -0.25) is 4.79 Å². The molecule has 0 unspecified atom stereocenters. The average molecular weight is 299 g/mol. The van der Waals surface area contributed by atoms with Crippen LogP contribution in [-0.2, 0) is 9.59 Å². The highest BCUT2D eigenvalue weighted by atomic mass is 16.4. The zero-order valence-electron chi connectivity index (χ0n) is 12.9. The maximum Gasteiger partial charge on any atom is 0.329 e. The summed E-state index contributed by atoms with van der Waals surface area (Å²) in [5.74, 6) is -0.729. The van der Waals surface area contributed by atoms with Gasteiger partial charge in [0.25, 0.3) is 0 Å². The fourth-order valence-corrected chi connectivity index (χ4v) is 2.55. The minimum atomic E-state index is -1.21. The molecule has 0 atom stereocenters. The van der Waals surface area contributed by atoms with Gasteiger partial charge in [0, 0.05) is 14.1 Å². The molecule has 0 aromatic heterocycles. The van der Waals surface area contributed by atoms with Gasteiger partial charge >= 0.3 is 12.0 Å². The van der Waals surface area contributed by atoms with Crippen molar-refractivity contribution in [2.45, 2.75) is 44.6 Å². The van der Waals surface area contributed by atoms with Gasteiger partial charge in [-0.1, -0.05) is 13.3 Å². The SMILES string of the molecule is CCC1CCC(NC(=O)NCC(=O)N(C)C)(C(=O)O)CC1. The van der Waals surface area contributed by atoms with Gasteiger partial charge in [0.15, 0.2) is 0 Å². The molecular formula is C14H25N3O4. The Morgan fingerprint density at radius 1 is 1.24 bits per heavy atom. The first-order chi connectivity index (χ1) is 9.80. The molecule has 7 heteroatoms. The van der Waals surface area contributed by atoms with Crippen LogP contribution in [0.1, 0.15) is 39.0 Å². The number of carboxylic acids is 1. The van der Waals surface area contributed by atoms with E-state index in [0.717, 1.165) is 19.3 Å². The van der Waals surface area contributed by atoms with E-state index in [2.05, 4.69) is 17.6 Å². The minimum Gasteiger partial charge on any atom is -0.480 e. The second-order valence-electron chi connectivity index (χ2n) is 5.83. The second-order valence-corrected chi connectivity index (χ2v) is 5.83. The molecule has 1 saturated carbocycles. The number of hydrogen-bond acceptors (Lipinski definition) is 3. The predicted octanol–water partition coefficient (Wildman–Crippen LogP) is 0.797. The number of nitrogens with zero attached hydrogens (tertiary/aromatic N) is 1. The first-order valence-corrected chi connectivity index (χ1v) is 7.30. The molecule has 0 spiro atoms. The van der Waals surface area contributed by atoms with Crippen molar-refractivity contribution in [3.63, 3.8) is 0 Å². The Bertz CT molecular complexity index is 401. The van der Waals surface area contributed by atoms with Crippen LogP contribution in [-0.4, -0.2) is 54.1 Å². The standard InChI is InChI=1S/C14H25N3O4/c1-4-10-5-7-14(8-6-10,12(19)20)16-13(21)15-9-11(18)17(2)3/h10H,4-9H2,1-3H3,(H,19,20)(H2,15,16,21). The number of carbonyl (C=O) groups excluding carboxylic acids is 2. The lowest BCUT2D eigenvalue weighted by molar-refractivity contribution is -0.146. The summed E-state index contributed by atoms with van der Waals surface area (Å²) in [4.78, 5) is 36.1. The van der Waals surface area contributed by atoms with Crippen LogP contribution in [0.3, 0.4) is 0 Å². The molecule has 3 amide bonds. The summed E-state index contributed by atoms with van der Waals surface area (Å²) in [6, 6.07) is -0.609. The zero-order valence-corrected chi connectivity index (χ0v) is 12.9. The Morgan fingerprint density at radius 2 is 1.81 bits per heavy atom. The highest BCUT2D eigenvalue weighted by Gasteiger charge is 2.42. The van der Waals surface area contributed by atoms with Gasteiger partial charge < -0.3 is 20.6 Å². The fourth-order valence-electron chi connectivity index (χ4n) is 2.55. The van der Waals surface area contributed by atoms with Crippen LogP contribution >= 0.6 is 0 Å². The molecule has 7 nitrogen and oxygen atoms in total. The molecule has 1 rings (SSSR count). The Balaban J connectivity index is 2.57. The van der Waals surface area contributed by atoms with Crippen molar-refractivity contribution in [2.24, 2.45) is 5.92 Å². The van der Waals surface area contributed by atoms with E-state index in [1.54, 1.807) is 14.1 Å². The van der Waals surface area contributed by atoms with Gasteiger partial charge in [-0.25, -0.2) is 9.59 Å². The summed E-state index contributed by atoms with van der Waals surface area (Å²) < 4.78 is 0. The summed E-state index contributed by atoms with van der Waals surface area (Å²) in [6.07, 6.45) is 3.46. The van der Waals surface area contributed by atoms with Crippen molar-refractivity contribution >= 4 is 17.9 Å². The lowest BCUT2D eigenvalue weighted by atomic mass is 9.75. The van der Waals surface area contributed by atoms with Gasteiger partial charge in [-0.2, -0.15) is 0 Å². The molecule has 0 aliphatic heterocycles. The van der Waals surface area contributed by atoms with E-state index in [9.17, 15) is 19.5 Å². The third-order valence-electron chi connectivity index (χ3n) is 4.20. The topological polar surface area (TPSA) is 98.7 Å². The van der Waals surface area contributed by atoms with Crippen LogP contribution in [0, 0.1) is 5.92 Å². The molecule has 1 fully saturated rings. The van der Waals surface area contributed by atoms with Gasteiger partial charge in [0.2, 0.25) is 5.91 Å². The first-order valence-electron chi connectivity index (χ1n) is 7.30. The Morgan fingerprint density at radius 3 is 2.24 bits per heavy atom. The van der Waals surface area contributed by atoms with E-state index in [0.29, 0.717) is 18.8 Å². The van der Waals surface area contributed by atoms with Gasteiger partial charge in [-0.15, -0.1) is 0 Å². The minimum absolute atomic E-state index is 0.147. The number of carbonyl (C=O) groups is 3. The van der Waals surface area contributed by atoms with Crippen molar-refractivity contribution in [3.8, 4) is 0 Å². The lowest BCUT2D eigenvalue weighted by Crippen LogP contribution is -2.59. The van der Waals surface area contributed by atoms with Gasteiger partial charge in [-0.05, 0) is 31.6 Å². The molecule has 0 aromatic carbocycles. The number of rotatable bonds is 5. The molecule has 21 heavy (non-hydrogen) atoms. The molecule has 0 bridgehead atoms. The molecule has 0 aromatic rings.